The van der Waals surface area contributed by atoms with E-state index >= 15 is 0 Å². The zero-order valence-corrected chi connectivity index (χ0v) is 19.5. The van der Waals surface area contributed by atoms with Crippen molar-refractivity contribution in [3.8, 4) is 18.2 Å². The third-order valence-corrected chi connectivity index (χ3v) is 5.94. The number of rotatable bonds is 12. The number of aryl methyl sites for hydroxylation is 1. The van der Waals surface area contributed by atoms with Crippen LogP contribution in [0.25, 0.3) is 0 Å². The van der Waals surface area contributed by atoms with E-state index in [2.05, 4.69) is 60.0 Å². The molecule has 3 rings (SSSR count). The van der Waals surface area contributed by atoms with E-state index in [1.165, 1.54) is 4.88 Å². The molecule has 0 aliphatic heterocycles. The minimum Gasteiger partial charge on any atom is -0.464 e. The molecule has 0 saturated heterocycles. The molecule has 0 aliphatic rings. The summed E-state index contributed by atoms with van der Waals surface area (Å²) in [5.41, 5.74) is 2.00. The molecule has 0 aliphatic carbocycles. The molecule has 3 aromatic rings. The van der Waals surface area contributed by atoms with Crippen molar-refractivity contribution in [3.63, 3.8) is 0 Å². The second-order valence-corrected chi connectivity index (χ2v) is 8.78. The Balaban J connectivity index is 1.46. The fraction of sp³-hybridized carbons (Fsp3) is 0.304. The van der Waals surface area contributed by atoms with E-state index in [9.17, 15) is 5.11 Å². The van der Waals surface area contributed by atoms with Gasteiger partial charge in [0.15, 0.2) is 6.61 Å². The first kappa shape index (κ1) is 23.2. The number of terminal acetylenes is 1. The lowest BCUT2D eigenvalue weighted by atomic mass is 10.1. The number of aromatic nitrogens is 2. The Bertz CT molecular complexity index is 991. The molecular weight excluding hydrogens is 476 g/mol. The summed E-state index contributed by atoms with van der Waals surface area (Å²) in [5.74, 6) is 3.23. The van der Waals surface area contributed by atoms with Crippen LogP contribution < -0.4 is 15.4 Å². The number of nitrogens with one attached hydrogen (secondary N) is 2. The Morgan fingerprint density at radius 1 is 1.26 bits per heavy atom. The maximum Gasteiger partial charge on any atom is 0.233 e. The van der Waals surface area contributed by atoms with Gasteiger partial charge in [-0.3, -0.25) is 0 Å². The molecule has 1 atom stereocenters. The summed E-state index contributed by atoms with van der Waals surface area (Å²) in [6.45, 7) is 1.60. The Kier molecular flexibility index (Phi) is 9.31. The topological polar surface area (TPSA) is 79.3 Å². The summed E-state index contributed by atoms with van der Waals surface area (Å²) in [6, 6.07) is 12.2. The van der Waals surface area contributed by atoms with Crippen molar-refractivity contribution in [2.75, 3.05) is 25.0 Å². The smallest absolute Gasteiger partial charge is 0.233 e. The lowest BCUT2D eigenvalue weighted by Crippen LogP contribution is -2.28. The molecule has 0 radical (unpaired) electrons. The number of aliphatic hydroxyl groups excluding tert-OH is 1. The Labute approximate surface area is 195 Å². The molecule has 31 heavy (non-hydrogen) atoms. The largest absolute Gasteiger partial charge is 0.464 e. The molecule has 6 nitrogen and oxygen atoms in total. The highest BCUT2D eigenvalue weighted by molar-refractivity contribution is 9.10. The molecule has 0 bridgehead atoms. The van der Waals surface area contributed by atoms with Crippen molar-refractivity contribution in [1.29, 1.82) is 0 Å². The first-order valence-electron chi connectivity index (χ1n) is 10.00. The van der Waals surface area contributed by atoms with E-state index < -0.39 is 0 Å². The molecule has 0 amide bonds. The van der Waals surface area contributed by atoms with Gasteiger partial charge in [-0.05, 0) is 64.3 Å². The van der Waals surface area contributed by atoms with Gasteiger partial charge >= 0.3 is 0 Å². The number of thiophene rings is 1. The quantitative estimate of drug-likeness (QED) is 0.255. The number of aliphatic hydroxyl groups is 1. The van der Waals surface area contributed by atoms with Crippen molar-refractivity contribution < 1.29 is 9.84 Å². The Morgan fingerprint density at radius 3 is 2.97 bits per heavy atom. The molecule has 162 valence electrons. The van der Waals surface area contributed by atoms with Gasteiger partial charge in [-0.25, -0.2) is 4.98 Å². The van der Waals surface area contributed by atoms with Gasteiger partial charge < -0.3 is 20.5 Å². The number of benzene rings is 1. The van der Waals surface area contributed by atoms with Crippen LogP contribution in [0.5, 0.6) is 5.88 Å². The molecule has 0 saturated carbocycles. The van der Waals surface area contributed by atoms with Gasteiger partial charge in [0, 0.05) is 23.7 Å². The number of nitrogens with zero attached hydrogens (tertiary/aromatic N) is 2. The van der Waals surface area contributed by atoms with Crippen LogP contribution in [-0.2, 0) is 12.8 Å². The average Bonchev–Trinajstić information content (AvgIpc) is 3.29. The monoisotopic (exact) mass is 500 g/mol. The number of anilines is 2. The molecule has 1 unspecified atom stereocenters. The first-order chi connectivity index (χ1) is 15.1. The highest BCUT2D eigenvalue weighted by Gasteiger charge is 2.08. The first-order valence-corrected chi connectivity index (χ1v) is 11.7. The van der Waals surface area contributed by atoms with Crippen LogP contribution in [0.4, 0.5) is 11.6 Å². The molecular formula is C23H25BrN4O2S. The lowest BCUT2D eigenvalue weighted by molar-refractivity contribution is 0.162. The van der Waals surface area contributed by atoms with Crippen LogP contribution in [0.1, 0.15) is 16.9 Å². The lowest BCUT2D eigenvalue weighted by Gasteiger charge is -2.13. The van der Waals surface area contributed by atoms with Gasteiger partial charge in [-0.15, -0.1) is 17.8 Å². The SMILES string of the molecule is C#CCOc1nc(Nc2cccc(CCC(O)CNCCc3cccs3)c2)ncc1Br. The van der Waals surface area contributed by atoms with Gasteiger partial charge in [0.1, 0.15) is 0 Å². The third kappa shape index (κ3) is 7.96. The summed E-state index contributed by atoms with van der Waals surface area (Å²) in [5, 5.41) is 18.9. The second-order valence-electron chi connectivity index (χ2n) is 6.89. The molecule has 3 N–H and O–H groups in total. The highest BCUT2D eigenvalue weighted by Crippen LogP contribution is 2.24. The van der Waals surface area contributed by atoms with Gasteiger partial charge in [0.2, 0.25) is 11.8 Å². The van der Waals surface area contributed by atoms with Crippen LogP contribution in [0.2, 0.25) is 0 Å². The molecule has 2 heterocycles. The van der Waals surface area contributed by atoms with Crippen LogP contribution in [-0.4, -0.2) is 40.9 Å². The van der Waals surface area contributed by atoms with Crippen molar-refractivity contribution >= 4 is 38.9 Å². The van der Waals surface area contributed by atoms with E-state index in [-0.39, 0.29) is 12.7 Å². The summed E-state index contributed by atoms with van der Waals surface area (Å²) >= 11 is 5.11. The van der Waals surface area contributed by atoms with Crippen LogP contribution >= 0.6 is 27.3 Å². The minimum absolute atomic E-state index is 0.135. The van der Waals surface area contributed by atoms with E-state index in [0.717, 1.165) is 30.6 Å². The predicted octanol–water partition coefficient (Wildman–Crippen LogP) is 4.18. The van der Waals surface area contributed by atoms with E-state index in [4.69, 9.17) is 11.2 Å². The minimum atomic E-state index is -0.384. The van der Waals surface area contributed by atoms with Crippen molar-refractivity contribution in [2.45, 2.75) is 25.4 Å². The van der Waals surface area contributed by atoms with Crippen molar-refractivity contribution in [3.05, 3.63) is 62.9 Å². The maximum atomic E-state index is 10.3. The van der Waals surface area contributed by atoms with E-state index in [1.54, 1.807) is 17.5 Å². The molecule has 8 heteroatoms. The van der Waals surface area contributed by atoms with Crippen LogP contribution in [0.3, 0.4) is 0 Å². The predicted molar refractivity (Wildman–Crippen MR) is 129 cm³/mol. The molecule has 0 fully saturated rings. The normalized spacial score (nSPS) is 11.6. The summed E-state index contributed by atoms with van der Waals surface area (Å²) in [7, 11) is 0. The van der Waals surface area contributed by atoms with Crippen LogP contribution in [0.15, 0.2) is 52.4 Å². The van der Waals surface area contributed by atoms with Crippen molar-refractivity contribution in [2.24, 2.45) is 0 Å². The molecule has 0 spiro atoms. The Hall–Kier alpha value is -2.44. The fourth-order valence-corrected chi connectivity index (χ4v) is 3.94. The van der Waals surface area contributed by atoms with Crippen LogP contribution in [0, 0.1) is 12.3 Å². The van der Waals surface area contributed by atoms with E-state index in [1.807, 2.05) is 24.3 Å². The number of ether oxygens (including phenoxy) is 1. The molecule has 1 aromatic carbocycles. The zero-order valence-electron chi connectivity index (χ0n) is 17.1. The Morgan fingerprint density at radius 2 is 2.16 bits per heavy atom. The fourth-order valence-electron chi connectivity index (χ4n) is 2.93. The number of hydrogen-bond donors (Lipinski definition) is 3. The van der Waals surface area contributed by atoms with Gasteiger partial charge in [-0.2, -0.15) is 4.98 Å². The number of halogens is 1. The summed E-state index contributed by atoms with van der Waals surface area (Å²) in [6.07, 6.45) is 8.93. The maximum absolute atomic E-state index is 10.3. The molecule has 2 aromatic heterocycles. The second kappa shape index (κ2) is 12.4. The third-order valence-electron chi connectivity index (χ3n) is 4.46. The highest BCUT2D eigenvalue weighted by atomic mass is 79.9. The van der Waals surface area contributed by atoms with Gasteiger partial charge in [0.05, 0.1) is 16.8 Å². The van der Waals surface area contributed by atoms with Gasteiger partial charge in [0.25, 0.3) is 0 Å². The zero-order chi connectivity index (χ0) is 21.9. The number of hydrogen-bond acceptors (Lipinski definition) is 7. The summed E-state index contributed by atoms with van der Waals surface area (Å²) in [4.78, 5) is 9.95. The standard InChI is InChI=1S/C23H25BrN4O2S/c1-2-12-30-22-21(24)16-26-23(28-22)27-18-6-3-5-17(14-18)8-9-19(29)15-25-11-10-20-7-4-13-31-20/h1,3-7,13-14,16,19,25,29H,8-12,15H2,(H,26,27,28). The van der Waals surface area contributed by atoms with E-state index in [0.29, 0.717) is 29.3 Å². The van der Waals surface area contributed by atoms with Crippen molar-refractivity contribution in [1.82, 2.24) is 15.3 Å². The van der Waals surface area contributed by atoms with Gasteiger partial charge in [-0.1, -0.05) is 24.1 Å². The average molecular weight is 501 g/mol. The summed E-state index contributed by atoms with van der Waals surface area (Å²) < 4.78 is 6.05.